The molecule has 1 fully saturated rings. The highest BCUT2D eigenvalue weighted by molar-refractivity contribution is 6.15. The van der Waals surface area contributed by atoms with E-state index in [4.69, 9.17) is 9.47 Å². The van der Waals surface area contributed by atoms with Gasteiger partial charge in [-0.05, 0) is 50.0 Å². The minimum absolute atomic E-state index is 0.175. The van der Waals surface area contributed by atoms with Gasteiger partial charge >= 0.3 is 0 Å². The van der Waals surface area contributed by atoms with Crippen molar-refractivity contribution in [3.8, 4) is 23.3 Å². The summed E-state index contributed by atoms with van der Waals surface area (Å²) in [5.74, 6) is 8.24. The standard InChI is InChI=1S/C25H23N3O3/c1-30-22-10-9-19-24(29)23(15-21-17-6-2-3-8-20(17)27-28-21)31-25(19)18(22)7-4-5-16-11-13-26-14-12-16/h2-3,6,8-10,15-16,26H,5,11-14H2,1H3,(H,27,28)/b23-15-. The number of aromatic amines is 1. The number of hydrogen-bond donors (Lipinski definition) is 2. The molecule has 0 bridgehead atoms. The Kier molecular flexibility index (Phi) is 5.19. The van der Waals surface area contributed by atoms with Gasteiger partial charge in [-0.1, -0.05) is 30.0 Å². The Morgan fingerprint density at radius 2 is 2.06 bits per heavy atom. The first kappa shape index (κ1) is 19.4. The average Bonchev–Trinajstić information content (AvgIpc) is 3.36. The summed E-state index contributed by atoms with van der Waals surface area (Å²) >= 11 is 0. The molecule has 31 heavy (non-hydrogen) atoms. The van der Waals surface area contributed by atoms with Crippen LogP contribution in [0.15, 0.2) is 42.2 Å². The van der Waals surface area contributed by atoms with Crippen LogP contribution in [0, 0.1) is 17.8 Å². The Labute approximate surface area is 180 Å². The highest BCUT2D eigenvalue weighted by Gasteiger charge is 2.31. The highest BCUT2D eigenvalue weighted by Crippen LogP contribution is 2.39. The number of rotatable bonds is 3. The summed E-state index contributed by atoms with van der Waals surface area (Å²) in [4.78, 5) is 13.0. The lowest BCUT2D eigenvalue weighted by atomic mass is 9.95. The molecule has 0 spiro atoms. The van der Waals surface area contributed by atoms with Gasteiger partial charge < -0.3 is 14.8 Å². The second kappa shape index (κ2) is 8.29. The summed E-state index contributed by atoms with van der Waals surface area (Å²) in [6, 6.07) is 11.3. The van der Waals surface area contributed by atoms with E-state index in [-0.39, 0.29) is 11.5 Å². The fourth-order valence-electron chi connectivity index (χ4n) is 4.11. The van der Waals surface area contributed by atoms with E-state index in [2.05, 4.69) is 27.4 Å². The zero-order valence-corrected chi connectivity index (χ0v) is 17.3. The molecule has 5 rings (SSSR count). The van der Waals surface area contributed by atoms with Crippen LogP contribution in [-0.4, -0.2) is 36.2 Å². The summed E-state index contributed by atoms with van der Waals surface area (Å²) in [7, 11) is 1.60. The van der Waals surface area contributed by atoms with Crippen LogP contribution >= 0.6 is 0 Å². The largest absolute Gasteiger partial charge is 0.495 e. The molecule has 0 aliphatic carbocycles. The Morgan fingerprint density at radius 1 is 1.23 bits per heavy atom. The molecule has 0 unspecified atom stereocenters. The molecule has 1 aromatic heterocycles. The summed E-state index contributed by atoms with van der Waals surface area (Å²) in [6.45, 7) is 2.09. The minimum atomic E-state index is -0.175. The summed E-state index contributed by atoms with van der Waals surface area (Å²) in [5.41, 5.74) is 2.69. The van der Waals surface area contributed by atoms with Crippen molar-refractivity contribution in [1.82, 2.24) is 15.5 Å². The quantitative estimate of drug-likeness (QED) is 0.503. The van der Waals surface area contributed by atoms with Gasteiger partial charge in [0.2, 0.25) is 5.78 Å². The van der Waals surface area contributed by atoms with Gasteiger partial charge in [0, 0.05) is 17.9 Å². The third kappa shape index (κ3) is 3.69. The Morgan fingerprint density at radius 3 is 2.90 bits per heavy atom. The zero-order chi connectivity index (χ0) is 21.2. The van der Waals surface area contributed by atoms with Crippen LogP contribution in [0.3, 0.4) is 0 Å². The lowest BCUT2D eigenvalue weighted by Gasteiger charge is -2.20. The highest BCUT2D eigenvalue weighted by atomic mass is 16.5. The third-order valence-corrected chi connectivity index (χ3v) is 5.85. The molecular formula is C25H23N3O3. The molecule has 2 aliphatic rings. The number of fused-ring (bicyclic) bond motifs is 2. The Hall–Kier alpha value is -3.56. The summed E-state index contributed by atoms with van der Waals surface area (Å²) < 4.78 is 11.5. The normalized spacial score (nSPS) is 17.3. The van der Waals surface area contributed by atoms with Crippen molar-refractivity contribution >= 4 is 22.8 Å². The third-order valence-electron chi connectivity index (χ3n) is 5.85. The van der Waals surface area contributed by atoms with E-state index in [9.17, 15) is 4.79 Å². The topological polar surface area (TPSA) is 76.2 Å². The molecule has 0 saturated carbocycles. The fraction of sp³-hybridized carbons (Fsp3) is 0.280. The summed E-state index contributed by atoms with van der Waals surface area (Å²) in [6.07, 6.45) is 4.78. The molecule has 6 nitrogen and oxygen atoms in total. The first-order valence-corrected chi connectivity index (χ1v) is 10.5. The molecule has 0 amide bonds. The van der Waals surface area contributed by atoms with E-state index in [0.29, 0.717) is 34.2 Å². The van der Waals surface area contributed by atoms with E-state index < -0.39 is 0 Å². The van der Waals surface area contributed by atoms with Gasteiger partial charge in [-0.2, -0.15) is 5.10 Å². The van der Waals surface area contributed by atoms with Crippen LogP contribution in [0.5, 0.6) is 11.5 Å². The smallest absolute Gasteiger partial charge is 0.232 e. The molecule has 3 heterocycles. The number of nitrogens with zero attached hydrogens (tertiary/aromatic N) is 1. The van der Waals surface area contributed by atoms with Gasteiger partial charge in [0.25, 0.3) is 0 Å². The van der Waals surface area contributed by atoms with Crippen molar-refractivity contribution < 1.29 is 14.3 Å². The van der Waals surface area contributed by atoms with Gasteiger partial charge in [0.1, 0.15) is 11.3 Å². The van der Waals surface area contributed by atoms with Crippen molar-refractivity contribution in [3.05, 3.63) is 59.0 Å². The van der Waals surface area contributed by atoms with E-state index >= 15 is 0 Å². The first-order chi connectivity index (χ1) is 15.2. The molecular weight excluding hydrogens is 390 g/mol. The molecule has 0 radical (unpaired) electrons. The fourth-order valence-corrected chi connectivity index (χ4v) is 4.11. The maximum Gasteiger partial charge on any atom is 0.232 e. The molecule has 2 N–H and O–H groups in total. The van der Waals surface area contributed by atoms with Gasteiger partial charge in [0.05, 0.1) is 23.9 Å². The number of carbonyl (C=O) groups is 1. The van der Waals surface area contributed by atoms with Gasteiger partial charge in [-0.25, -0.2) is 0 Å². The van der Waals surface area contributed by atoms with E-state index in [0.717, 1.165) is 43.3 Å². The number of carbonyl (C=O) groups excluding carboxylic acids is 1. The number of aromatic nitrogens is 2. The molecule has 2 aromatic carbocycles. The van der Waals surface area contributed by atoms with Crippen LogP contribution in [0.25, 0.3) is 17.0 Å². The van der Waals surface area contributed by atoms with Crippen molar-refractivity contribution in [2.75, 3.05) is 20.2 Å². The zero-order valence-electron chi connectivity index (χ0n) is 17.3. The van der Waals surface area contributed by atoms with Crippen LogP contribution in [0.2, 0.25) is 0 Å². The number of ketones is 1. The predicted octanol–water partition coefficient (Wildman–Crippen LogP) is 3.93. The number of ether oxygens (including phenoxy) is 2. The van der Waals surface area contributed by atoms with E-state index in [1.807, 2.05) is 24.3 Å². The van der Waals surface area contributed by atoms with E-state index in [1.165, 1.54) is 0 Å². The lowest BCUT2D eigenvalue weighted by Crippen LogP contribution is -2.27. The number of nitrogens with one attached hydrogen (secondary N) is 2. The number of piperidine rings is 1. The van der Waals surface area contributed by atoms with Gasteiger partial charge in [-0.15, -0.1) is 0 Å². The Bertz CT molecular complexity index is 1240. The van der Waals surface area contributed by atoms with Gasteiger partial charge in [0.15, 0.2) is 11.5 Å². The van der Waals surface area contributed by atoms with E-state index in [1.54, 1.807) is 25.3 Å². The van der Waals surface area contributed by atoms with Crippen molar-refractivity contribution in [3.63, 3.8) is 0 Å². The van der Waals surface area contributed by atoms with Crippen LogP contribution in [-0.2, 0) is 0 Å². The maximum absolute atomic E-state index is 13.0. The number of para-hydroxylation sites is 1. The molecule has 3 aromatic rings. The second-order valence-corrected chi connectivity index (χ2v) is 7.81. The first-order valence-electron chi connectivity index (χ1n) is 10.5. The maximum atomic E-state index is 13.0. The average molecular weight is 413 g/mol. The SMILES string of the molecule is COc1ccc2c(c1C#CCC1CCNCC1)O/C(=C\c1n[nH]c3ccccc13)C2=O. The summed E-state index contributed by atoms with van der Waals surface area (Å²) in [5, 5.41) is 11.6. The van der Waals surface area contributed by atoms with Crippen LogP contribution in [0.4, 0.5) is 0 Å². The Balaban J connectivity index is 1.47. The number of allylic oxidation sites excluding steroid dienone is 1. The molecule has 156 valence electrons. The second-order valence-electron chi connectivity index (χ2n) is 7.81. The van der Waals surface area contributed by atoms with Crippen molar-refractivity contribution in [2.45, 2.75) is 19.3 Å². The number of H-pyrrole nitrogens is 1. The number of hydrogen-bond acceptors (Lipinski definition) is 5. The number of benzene rings is 2. The monoisotopic (exact) mass is 413 g/mol. The number of Topliss-reactive ketones (excluding diaryl/α,β-unsaturated/α-hetero) is 1. The predicted molar refractivity (Wildman–Crippen MR) is 119 cm³/mol. The minimum Gasteiger partial charge on any atom is -0.495 e. The van der Waals surface area contributed by atoms with Crippen molar-refractivity contribution in [2.24, 2.45) is 5.92 Å². The molecule has 0 atom stereocenters. The lowest BCUT2D eigenvalue weighted by molar-refractivity contribution is 0.101. The number of methoxy groups -OCH3 is 1. The molecule has 6 heteroatoms. The van der Waals surface area contributed by atoms with Crippen molar-refractivity contribution in [1.29, 1.82) is 0 Å². The van der Waals surface area contributed by atoms with Gasteiger partial charge in [-0.3, -0.25) is 9.89 Å². The van der Waals surface area contributed by atoms with Crippen LogP contribution < -0.4 is 14.8 Å². The molecule has 2 aliphatic heterocycles. The molecule has 1 saturated heterocycles. The van der Waals surface area contributed by atoms with Crippen LogP contribution in [0.1, 0.15) is 40.9 Å².